The maximum absolute atomic E-state index is 11.8. The van der Waals surface area contributed by atoms with E-state index in [0.29, 0.717) is 16.1 Å². The zero-order valence-electron chi connectivity index (χ0n) is 10.1. The summed E-state index contributed by atoms with van der Waals surface area (Å²) in [6.45, 7) is 5.18. The lowest BCUT2D eigenvalue weighted by molar-refractivity contribution is 0.266. The maximum atomic E-state index is 11.8. The molecule has 0 aromatic carbocycles. The van der Waals surface area contributed by atoms with E-state index < -0.39 is 0 Å². The molecule has 1 atom stereocenters. The highest BCUT2D eigenvalue weighted by atomic mass is 79.9. The van der Waals surface area contributed by atoms with Crippen molar-refractivity contribution in [1.29, 1.82) is 0 Å². The van der Waals surface area contributed by atoms with Crippen molar-refractivity contribution in [2.24, 2.45) is 5.92 Å². The number of aliphatic hydroxyl groups is 1. The molecule has 5 nitrogen and oxygen atoms in total. The van der Waals surface area contributed by atoms with Gasteiger partial charge in [0.2, 0.25) is 0 Å². The number of rotatable bonds is 6. The second-order valence-electron chi connectivity index (χ2n) is 4.02. The van der Waals surface area contributed by atoms with Crippen LogP contribution in [-0.4, -0.2) is 28.0 Å². The lowest BCUT2D eigenvalue weighted by Gasteiger charge is -2.13. The Hall–Kier alpha value is -0.880. The van der Waals surface area contributed by atoms with Crippen molar-refractivity contribution in [3.05, 3.63) is 21.0 Å². The monoisotopic (exact) mass is 303 g/mol. The quantitative estimate of drug-likeness (QED) is 0.835. The Morgan fingerprint density at radius 2 is 2.35 bits per heavy atom. The topological polar surface area (TPSA) is 67.2 Å². The van der Waals surface area contributed by atoms with Gasteiger partial charge in [-0.05, 0) is 21.8 Å². The number of aromatic nitrogens is 2. The van der Waals surface area contributed by atoms with E-state index in [1.165, 1.54) is 4.68 Å². The highest BCUT2D eigenvalue weighted by molar-refractivity contribution is 9.10. The first-order chi connectivity index (χ1) is 8.10. The van der Waals surface area contributed by atoms with Crippen molar-refractivity contribution in [3.63, 3.8) is 0 Å². The van der Waals surface area contributed by atoms with Crippen LogP contribution in [0.25, 0.3) is 0 Å². The van der Waals surface area contributed by atoms with Crippen LogP contribution in [0.3, 0.4) is 0 Å². The van der Waals surface area contributed by atoms with Gasteiger partial charge < -0.3 is 10.4 Å². The van der Waals surface area contributed by atoms with Crippen LogP contribution in [-0.2, 0) is 6.54 Å². The van der Waals surface area contributed by atoms with Crippen LogP contribution < -0.4 is 10.9 Å². The van der Waals surface area contributed by atoms with Gasteiger partial charge in [0.15, 0.2) is 0 Å². The first-order valence-corrected chi connectivity index (χ1v) is 6.49. The number of aliphatic hydroxyl groups excluding tert-OH is 1. The smallest absolute Gasteiger partial charge is 0.283 e. The molecule has 1 aromatic heterocycles. The van der Waals surface area contributed by atoms with E-state index in [0.717, 1.165) is 13.0 Å². The summed E-state index contributed by atoms with van der Waals surface area (Å²) in [5, 5.41) is 16.0. The fourth-order valence-electron chi connectivity index (χ4n) is 1.27. The van der Waals surface area contributed by atoms with Gasteiger partial charge in [0, 0.05) is 6.54 Å². The minimum atomic E-state index is -0.229. The van der Waals surface area contributed by atoms with Crippen LogP contribution in [0.15, 0.2) is 15.5 Å². The number of nitrogens with one attached hydrogen (secondary N) is 1. The third-order valence-electron chi connectivity index (χ3n) is 2.63. The Balaban J connectivity index is 2.82. The summed E-state index contributed by atoms with van der Waals surface area (Å²) in [6.07, 6.45) is 2.68. The van der Waals surface area contributed by atoms with Crippen molar-refractivity contribution in [2.75, 3.05) is 18.5 Å². The zero-order chi connectivity index (χ0) is 12.8. The Kier molecular flexibility index (Phi) is 5.64. The lowest BCUT2D eigenvalue weighted by Crippen LogP contribution is -2.26. The SMILES string of the molecule is CCC(C)CNc1cnn(CCO)c(=O)c1Br. The van der Waals surface area contributed by atoms with Crippen molar-refractivity contribution in [1.82, 2.24) is 9.78 Å². The van der Waals surface area contributed by atoms with Gasteiger partial charge in [0.1, 0.15) is 4.47 Å². The molecule has 2 N–H and O–H groups in total. The van der Waals surface area contributed by atoms with E-state index in [4.69, 9.17) is 5.11 Å². The molecule has 0 aliphatic heterocycles. The van der Waals surface area contributed by atoms with Gasteiger partial charge in [-0.2, -0.15) is 5.10 Å². The fraction of sp³-hybridized carbons (Fsp3) is 0.636. The second kappa shape index (κ2) is 6.76. The summed E-state index contributed by atoms with van der Waals surface area (Å²) < 4.78 is 1.70. The minimum absolute atomic E-state index is 0.0982. The zero-order valence-corrected chi connectivity index (χ0v) is 11.7. The summed E-state index contributed by atoms with van der Waals surface area (Å²) >= 11 is 3.26. The maximum Gasteiger partial charge on any atom is 0.283 e. The molecule has 0 fully saturated rings. The Labute approximate surface area is 109 Å². The second-order valence-corrected chi connectivity index (χ2v) is 4.81. The average molecular weight is 304 g/mol. The molecule has 0 saturated carbocycles. The first-order valence-electron chi connectivity index (χ1n) is 5.70. The third kappa shape index (κ3) is 3.81. The molecular weight excluding hydrogens is 286 g/mol. The molecular formula is C11H18BrN3O2. The van der Waals surface area contributed by atoms with Crippen molar-refractivity contribution >= 4 is 21.6 Å². The van der Waals surface area contributed by atoms with E-state index in [1.54, 1.807) is 6.20 Å². The summed E-state index contributed by atoms with van der Waals surface area (Å²) in [5.74, 6) is 0.543. The highest BCUT2D eigenvalue weighted by Crippen LogP contribution is 2.16. The van der Waals surface area contributed by atoms with E-state index >= 15 is 0 Å². The number of nitrogens with zero attached hydrogens (tertiary/aromatic N) is 2. The fourth-order valence-corrected chi connectivity index (χ4v) is 1.72. The molecule has 0 spiro atoms. The first kappa shape index (κ1) is 14.2. The number of hydrogen-bond donors (Lipinski definition) is 2. The van der Waals surface area contributed by atoms with Crippen molar-refractivity contribution < 1.29 is 5.11 Å². The average Bonchev–Trinajstić information content (AvgIpc) is 2.34. The molecule has 0 aliphatic rings. The molecule has 0 amide bonds. The van der Waals surface area contributed by atoms with Gasteiger partial charge in [0.05, 0.1) is 25.0 Å². The van der Waals surface area contributed by atoms with Gasteiger partial charge in [-0.1, -0.05) is 20.3 Å². The molecule has 0 saturated heterocycles. The van der Waals surface area contributed by atoms with Crippen LogP contribution in [0.5, 0.6) is 0 Å². The van der Waals surface area contributed by atoms with Gasteiger partial charge in [-0.3, -0.25) is 4.79 Å². The molecule has 17 heavy (non-hydrogen) atoms. The highest BCUT2D eigenvalue weighted by Gasteiger charge is 2.08. The van der Waals surface area contributed by atoms with Crippen LogP contribution >= 0.6 is 15.9 Å². The molecule has 0 bridgehead atoms. The van der Waals surface area contributed by atoms with Crippen molar-refractivity contribution in [2.45, 2.75) is 26.8 Å². The predicted octanol–water partition coefficient (Wildman–Crippen LogP) is 1.46. The summed E-state index contributed by atoms with van der Waals surface area (Å²) in [7, 11) is 0. The van der Waals surface area contributed by atoms with Gasteiger partial charge in [-0.15, -0.1) is 0 Å². The van der Waals surface area contributed by atoms with E-state index in [1.807, 2.05) is 0 Å². The molecule has 1 heterocycles. The summed E-state index contributed by atoms with van der Waals surface area (Å²) in [5.41, 5.74) is 0.470. The van der Waals surface area contributed by atoms with Crippen LogP contribution in [0.1, 0.15) is 20.3 Å². The number of hydrogen-bond acceptors (Lipinski definition) is 4. The Bertz CT molecular complexity index is 420. The van der Waals surface area contributed by atoms with E-state index in [2.05, 4.69) is 40.2 Å². The molecule has 1 aromatic rings. The van der Waals surface area contributed by atoms with Crippen LogP contribution in [0.4, 0.5) is 5.69 Å². The minimum Gasteiger partial charge on any atom is -0.394 e. The normalized spacial score (nSPS) is 12.5. The summed E-state index contributed by atoms with van der Waals surface area (Å²) in [6, 6.07) is 0. The predicted molar refractivity (Wildman–Crippen MR) is 71.2 cm³/mol. The van der Waals surface area contributed by atoms with Crippen LogP contribution in [0, 0.1) is 5.92 Å². The van der Waals surface area contributed by atoms with E-state index in [9.17, 15) is 4.79 Å². The van der Waals surface area contributed by atoms with Crippen molar-refractivity contribution in [3.8, 4) is 0 Å². The molecule has 0 aliphatic carbocycles. The Morgan fingerprint density at radius 3 is 2.94 bits per heavy atom. The number of halogens is 1. The van der Waals surface area contributed by atoms with Crippen LogP contribution in [0.2, 0.25) is 0 Å². The lowest BCUT2D eigenvalue weighted by atomic mass is 10.1. The number of anilines is 1. The molecule has 1 unspecified atom stereocenters. The third-order valence-corrected chi connectivity index (χ3v) is 3.40. The molecule has 96 valence electrons. The summed E-state index contributed by atoms with van der Waals surface area (Å²) in [4.78, 5) is 11.8. The van der Waals surface area contributed by atoms with Gasteiger partial charge in [0.25, 0.3) is 5.56 Å². The molecule has 1 rings (SSSR count). The Morgan fingerprint density at radius 1 is 1.65 bits per heavy atom. The molecule has 6 heteroatoms. The largest absolute Gasteiger partial charge is 0.394 e. The standard InChI is InChI=1S/C11H18BrN3O2/c1-3-8(2)6-13-9-7-14-15(4-5-16)11(17)10(9)12/h7-8,13,16H,3-6H2,1-2H3. The van der Waals surface area contributed by atoms with Gasteiger partial charge in [-0.25, -0.2) is 4.68 Å². The van der Waals surface area contributed by atoms with E-state index in [-0.39, 0.29) is 18.7 Å². The molecule has 0 radical (unpaired) electrons. The van der Waals surface area contributed by atoms with Gasteiger partial charge >= 0.3 is 0 Å².